The van der Waals surface area contributed by atoms with Crippen LogP contribution in [-0.4, -0.2) is 24.4 Å². The van der Waals surface area contributed by atoms with Crippen LogP contribution in [-0.2, 0) is 9.59 Å². The fraction of sp³-hybridized carbons (Fsp3) is 0.0800. The fourth-order valence-electron chi connectivity index (χ4n) is 3.16. The van der Waals surface area contributed by atoms with Crippen LogP contribution in [0.1, 0.15) is 20.4 Å². The summed E-state index contributed by atoms with van der Waals surface area (Å²) < 4.78 is 5.12. The van der Waals surface area contributed by atoms with Crippen molar-refractivity contribution in [3.8, 4) is 17.6 Å². The van der Waals surface area contributed by atoms with Crippen molar-refractivity contribution in [1.82, 2.24) is 0 Å². The van der Waals surface area contributed by atoms with Gasteiger partial charge in [0.05, 0.1) is 19.2 Å². The summed E-state index contributed by atoms with van der Waals surface area (Å²) in [6.07, 6.45) is 3.06. The van der Waals surface area contributed by atoms with Crippen molar-refractivity contribution < 1.29 is 17.2 Å². The maximum Gasteiger partial charge on any atom is 0.250 e. The van der Waals surface area contributed by atoms with Crippen molar-refractivity contribution in [2.45, 2.75) is 6.42 Å². The van der Waals surface area contributed by atoms with Crippen molar-refractivity contribution >= 4 is 39.8 Å². The molecule has 144 valence electrons. The van der Waals surface area contributed by atoms with E-state index in [9.17, 15) is 9.59 Å². The molecule has 3 aromatic rings. The Morgan fingerprint density at radius 2 is 1.83 bits per heavy atom. The Morgan fingerprint density at radius 3 is 2.59 bits per heavy atom. The lowest BCUT2D eigenvalue weighted by molar-refractivity contribution is -0.114. The molecular formula is C25H21NO3. The number of hydrogen-bond acceptors (Lipinski definition) is 4. The number of Topliss-reactive ketones (excluding diaryl/α,β-unsaturated/α-hetero) is 1. The molecule has 0 spiro atoms. The summed E-state index contributed by atoms with van der Waals surface area (Å²) in [5.41, 5.74) is 2.44. The molecule has 4 rings (SSSR count). The molecule has 1 heterocycles. The number of rotatable bonds is 5. The number of benzene rings is 3. The quantitative estimate of drug-likeness (QED) is 0.459. The average Bonchev–Trinajstić information content (AvgIpc) is 2.75. The molecular weight excluding hydrogens is 362 g/mol. The maximum absolute atomic E-state index is 12.5. The van der Waals surface area contributed by atoms with E-state index in [-0.39, 0.29) is 20.8 Å². The lowest BCUT2D eigenvalue weighted by atomic mass is 10.0. The predicted octanol–water partition coefficient (Wildman–Crippen LogP) is 5.02. The van der Waals surface area contributed by atoms with Gasteiger partial charge in [-0.15, -0.1) is 0 Å². The van der Waals surface area contributed by atoms with E-state index < -0.39 is 5.78 Å². The average molecular weight is 383 g/mol. The third-order valence-corrected chi connectivity index (χ3v) is 4.63. The van der Waals surface area contributed by atoms with Gasteiger partial charge in [-0.3, -0.25) is 9.59 Å². The van der Waals surface area contributed by atoms with E-state index in [1.165, 1.54) is 6.08 Å². The SMILES string of the molecule is COc1ccc(/C=C/C(=O)CC2=Nc3cccc4cccc(c34)C#CC2=O)cc1.[HH].[HH]. The smallest absolute Gasteiger partial charge is 0.250 e. The first-order chi connectivity index (χ1) is 14.1. The second-order valence-corrected chi connectivity index (χ2v) is 6.57. The number of ketones is 2. The second-order valence-electron chi connectivity index (χ2n) is 6.57. The standard InChI is InChI=1S/C25H17NO3.2H2/c1-29-21-13-9-17(10-14-21)8-12-20(27)16-23-24(28)15-11-19-5-2-4-18-6-3-7-22(26-23)25(18)19;;/h2-10,12-14H,16H2,1H3;2*1H/b12-8+,26-23?;;. The predicted molar refractivity (Wildman–Crippen MR) is 119 cm³/mol. The number of carbonyl (C=O) groups is 2. The van der Waals surface area contributed by atoms with E-state index in [4.69, 9.17) is 4.74 Å². The van der Waals surface area contributed by atoms with Crippen LogP contribution in [0.2, 0.25) is 0 Å². The van der Waals surface area contributed by atoms with Crippen molar-refractivity contribution in [3.05, 3.63) is 77.9 Å². The summed E-state index contributed by atoms with van der Waals surface area (Å²) >= 11 is 0. The summed E-state index contributed by atoms with van der Waals surface area (Å²) in [5, 5.41) is 1.89. The Morgan fingerprint density at radius 1 is 1.07 bits per heavy atom. The molecule has 3 aromatic carbocycles. The highest BCUT2D eigenvalue weighted by Crippen LogP contribution is 2.30. The van der Waals surface area contributed by atoms with E-state index in [2.05, 4.69) is 16.8 Å². The van der Waals surface area contributed by atoms with Crippen LogP contribution >= 0.6 is 0 Å². The van der Waals surface area contributed by atoms with E-state index in [0.29, 0.717) is 5.69 Å². The van der Waals surface area contributed by atoms with Crippen molar-refractivity contribution in [2.24, 2.45) is 4.99 Å². The molecule has 0 radical (unpaired) electrons. The Hall–Kier alpha value is -3.97. The number of ether oxygens (including phenoxy) is 1. The van der Waals surface area contributed by atoms with E-state index >= 15 is 0 Å². The monoisotopic (exact) mass is 383 g/mol. The number of nitrogens with zero attached hydrogens (tertiary/aromatic N) is 1. The number of allylic oxidation sites excluding steroid dienone is 1. The van der Waals surface area contributed by atoms with Crippen LogP contribution in [0.5, 0.6) is 5.75 Å². The third kappa shape index (κ3) is 3.99. The summed E-state index contributed by atoms with van der Waals surface area (Å²) in [4.78, 5) is 29.4. The van der Waals surface area contributed by atoms with Crippen LogP contribution in [0, 0.1) is 11.8 Å². The van der Waals surface area contributed by atoms with Gasteiger partial charge in [0.1, 0.15) is 11.5 Å². The largest absolute Gasteiger partial charge is 0.497 e. The molecule has 0 saturated carbocycles. The summed E-state index contributed by atoms with van der Waals surface area (Å²) in [6, 6.07) is 18.8. The highest BCUT2D eigenvalue weighted by molar-refractivity contribution is 6.49. The van der Waals surface area contributed by atoms with Crippen LogP contribution < -0.4 is 4.74 Å². The number of methoxy groups -OCH3 is 1. The number of carbonyl (C=O) groups excluding carboxylic acids is 2. The van der Waals surface area contributed by atoms with Gasteiger partial charge >= 0.3 is 0 Å². The molecule has 0 aromatic heterocycles. The molecule has 0 aliphatic carbocycles. The van der Waals surface area contributed by atoms with Crippen LogP contribution in [0.25, 0.3) is 16.8 Å². The van der Waals surface area contributed by atoms with Gasteiger partial charge in [0.15, 0.2) is 5.78 Å². The van der Waals surface area contributed by atoms with Gasteiger partial charge in [0.25, 0.3) is 5.78 Å². The first-order valence-electron chi connectivity index (χ1n) is 9.15. The van der Waals surface area contributed by atoms with Gasteiger partial charge in [-0.05, 0) is 47.2 Å². The van der Waals surface area contributed by atoms with Gasteiger partial charge in [-0.2, -0.15) is 0 Å². The van der Waals surface area contributed by atoms with Crippen molar-refractivity contribution in [3.63, 3.8) is 0 Å². The van der Waals surface area contributed by atoms with Gasteiger partial charge in [-0.25, -0.2) is 4.99 Å². The minimum atomic E-state index is -0.428. The van der Waals surface area contributed by atoms with E-state index in [1.807, 2.05) is 60.7 Å². The molecule has 29 heavy (non-hydrogen) atoms. The molecule has 1 aliphatic rings. The van der Waals surface area contributed by atoms with Gasteiger partial charge in [0, 0.05) is 13.8 Å². The zero-order chi connectivity index (χ0) is 20.2. The summed E-state index contributed by atoms with van der Waals surface area (Å²) in [7, 11) is 1.60. The first-order valence-corrected chi connectivity index (χ1v) is 9.15. The first kappa shape index (κ1) is 18.4. The van der Waals surface area contributed by atoms with Crippen molar-refractivity contribution in [1.29, 1.82) is 0 Å². The molecule has 1 aliphatic heterocycles. The molecule has 0 unspecified atom stereocenters. The highest BCUT2D eigenvalue weighted by Gasteiger charge is 2.16. The Bertz CT molecular complexity index is 1240. The topological polar surface area (TPSA) is 55.7 Å². The molecule has 0 atom stereocenters. The molecule has 4 nitrogen and oxygen atoms in total. The van der Waals surface area contributed by atoms with Gasteiger partial charge in [-0.1, -0.05) is 48.4 Å². The Labute approximate surface area is 171 Å². The minimum Gasteiger partial charge on any atom is -0.497 e. The van der Waals surface area contributed by atoms with Crippen molar-refractivity contribution in [2.75, 3.05) is 7.11 Å². The second kappa shape index (κ2) is 7.95. The van der Waals surface area contributed by atoms with E-state index in [0.717, 1.165) is 27.6 Å². The molecule has 0 N–H and O–H groups in total. The summed E-state index contributed by atoms with van der Waals surface area (Å²) in [5.74, 6) is 5.65. The Kier molecular flexibility index (Phi) is 5.05. The lowest BCUT2D eigenvalue weighted by Crippen LogP contribution is -2.16. The summed E-state index contributed by atoms with van der Waals surface area (Å²) in [6.45, 7) is 0. The Balaban J connectivity index is 0.00000171. The maximum atomic E-state index is 12.5. The van der Waals surface area contributed by atoms with Crippen LogP contribution in [0.4, 0.5) is 5.69 Å². The minimum absolute atomic E-state index is 0. The highest BCUT2D eigenvalue weighted by atomic mass is 16.5. The normalized spacial score (nSPS) is 12.7. The molecule has 0 fully saturated rings. The lowest BCUT2D eigenvalue weighted by Gasteiger charge is -2.08. The zero-order valence-corrected chi connectivity index (χ0v) is 15.8. The third-order valence-electron chi connectivity index (χ3n) is 4.63. The van der Waals surface area contributed by atoms with Gasteiger partial charge < -0.3 is 4.74 Å². The molecule has 0 bridgehead atoms. The van der Waals surface area contributed by atoms with Gasteiger partial charge in [0.2, 0.25) is 0 Å². The number of hydrogen-bond donors (Lipinski definition) is 0. The van der Waals surface area contributed by atoms with E-state index in [1.54, 1.807) is 13.2 Å². The zero-order valence-electron chi connectivity index (χ0n) is 15.8. The molecule has 0 saturated heterocycles. The number of aliphatic imine (C=N–C) groups is 1. The fourth-order valence-corrected chi connectivity index (χ4v) is 3.16. The molecule has 0 amide bonds. The molecule has 4 heteroatoms. The van der Waals surface area contributed by atoms with Crippen LogP contribution in [0.15, 0.2) is 71.7 Å². The van der Waals surface area contributed by atoms with Crippen LogP contribution in [0.3, 0.4) is 0 Å².